The smallest absolute Gasteiger partial charge is 0.322 e. The third-order valence-corrected chi connectivity index (χ3v) is 5.33. The maximum absolute atomic E-state index is 13.0. The van der Waals surface area contributed by atoms with Crippen molar-refractivity contribution in [2.45, 2.75) is 37.6 Å². The second-order valence-electron chi connectivity index (χ2n) is 7.00. The first-order valence-corrected chi connectivity index (χ1v) is 8.92. The fourth-order valence-electron chi connectivity index (χ4n) is 3.75. The van der Waals surface area contributed by atoms with Gasteiger partial charge >= 0.3 is 6.03 Å². The van der Waals surface area contributed by atoms with E-state index in [1.165, 1.54) is 5.56 Å². The molecule has 1 aliphatic heterocycles. The van der Waals surface area contributed by atoms with Crippen LogP contribution in [0.2, 0.25) is 0 Å². The van der Waals surface area contributed by atoms with Crippen LogP contribution >= 0.6 is 0 Å². The number of ether oxygens (including phenoxy) is 1. The molecular weight excluding hydrogens is 316 g/mol. The standard InChI is InChI=1S/C20H24N2O3/c1-3-14-8-9-18(25-14)16(12-24-2)21-19(23)22-13-20(10-11-20)15-6-4-5-7-17(15)22/h4-9,16H,3,10-13H2,1-2H3,(H,21,23). The summed E-state index contributed by atoms with van der Waals surface area (Å²) in [6.45, 7) is 3.18. The van der Waals surface area contributed by atoms with Crippen LogP contribution in [0, 0.1) is 0 Å². The summed E-state index contributed by atoms with van der Waals surface area (Å²) in [6, 6.07) is 11.7. The Balaban J connectivity index is 1.54. The average Bonchev–Trinajstić information content (AvgIpc) is 3.12. The van der Waals surface area contributed by atoms with Crippen molar-refractivity contribution in [2.75, 3.05) is 25.2 Å². The van der Waals surface area contributed by atoms with Crippen molar-refractivity contribution in [3.05, 3.63) is 53.5 Å². The fourth-order valence-corrected chi connectivity index (χ4v) is 3.75. The zero-order valence-electron chi connectivity index (χ0n) is 14.7. The molecule has 1 aromatic carbocycles. The lowest BCUT2D eigenvalue weighted by Crippen LogP contribution is -2.43. The van der Waals surface area contributed by atoms with Crippen molar-refractivity contribution < 1.29 is 13.9 Å². The first-order chi connectivity index (χ1) is 12.2. The summed E-state index contributed by atoms with van der Waals surface area (Å²) in [5.41, 5.74) is 2.52. The third-order valence-electron chi connectivity index (χ3n) is 5.33. The zero-order valence-corrected chi connectivity index (χ0v) is 14.7. The molecule has 4 rings (SSSR count). The van der Waals surface area contributed by atoms with E-state index in [0.29, 0.717) is 6.61 Å². The van der Waals surface area contributed by atoms with Gasteiger partial charge in [0.05, 0.1) is 6.61 Å². The monoisotopic (exact) mass is 340 g/mol. The first-order valence-electron chi connectivity index (χ1n) is 8.92. The number of methoxy groups -OCH3 is 1. The number of anilines is 1. The molecule has 132 valence electrons. The van der Waals surface area contributed by atoms with Crippen molar-refractivity contribution >= 4 is 11.7 Å². The van der Waals surface area contributed by atoms with Crippen LogP contribution < -0.4 is 10.2 Å². The van der Waals surface area contributed by atoms with Gasteiger partial charge in [-0.05, 0) is 36.6 Å². The van der Waals surface area contributed by atoms with Crippen molar-refractivity contribution in [1.29, 1.82) is 0 Å². The molecule has 5 nitrogen and oxygen atoms in total. The Morgan fingerprint density at radius 3 is 2.80 bits per heavy atom. The predicted octanol–water partition coefficient (Wildman–Crippen LogP) is 3.79. The number of furan rings is 1. The molecule has 2 aromatic rings. The highest BCUT2D eigenvalue weighted by molar-refractivity contribution is 5.95. The Bertz CT molecular complexity index is 779. The highest BCUT2D eigenvalue weighted by Gasteiger charge is 2.52. The summed E-state index contributed by atoms with van der Waals surface area (Å²) in [6.07, 6.45) is 3.15. The van der Waals surface area contributed by atoms with Gasteiger partial charge < -0.3 is 14.5 Å². The molecule has 0 saturated heterocycles. The van der Waals surface area contributed by atoms with Gasteiger partial charge in [0.15, 0.2) is 0 Å². The molecule has 1 aromatic heterocycles. The summed E-state index contributed by atoms with van der Waals surface area (Å²) in [7, 11) is 1.63. The van der Waals surface area contributed by atoms with E-state index in [1.54, 1.807) is 7.11 Å². The third kappa shape index (κ3) is 2.82. The van der Waals surface area contributed by atoms with Gasteiger partial charge in [-0.25, -0.2) is 4.79 Å². The normalized spacial score (nSPS) is 18.2. The number of aryl methyl sites for hydroxylation is 1. The van der Waals surface area contributed by atoms with Gasteiger partial charge in [-0.1, -0.05) is 25.1 Å². The Morgan fingerprint density at radius 1 is 1.32 bits per heavy atom. The van der Waals surface area contributed by atoms with E-state index in [1.807, 2.05) is 36.1 Å². The SMILES string of the molecule is CCc1ccc(C(COC)NC(=O)N2CC3(CC3)c3ccccc32)o1. The van der Waals surface area contributed by atoms with Crippen LogP contribution in [0.5, 0.6) is 0 Å². The molecule has 2 amide bonds. The van der Waals surface area contributed by atoms with Crippen molar-refractivity contribution in [2.24, 2.45) is 0 Å². The Morgan fingerprint density at radius 2 is 2.12 bits per heavy atom. The Kier molecular flexibility index (Phi) is 4.04. The van der Waals surface area contributed by atoms with Crippen molar-refractivity contribution in [1.82, 2.24) is 5.32 Å². The lowest BCUT2D eigenvalue weighted by Gasteiger charge is -2.22. The molecule has 1 unspecified atom stereocenters. The number of nitrogens with one attached hydrogen (secondary N) is 1. The Hall–Kier alpha value is -2.27. The van der Waals surface area contributed by atoms with Crippen LogP contribution in [-0.2, 0) is 16.6 Å². The number of para-hydroxylation sites is 1. The van der Waals surface area contributed by atoms with Crippen LogP contribution in [-0.4, -0.2) is 26.3 Å². The number of urea groups is 1. The largest absolute Gasteiger partial charge is 0.464 e. The van der Waals surface area contributed by atoms with E-state index in [4.69, 9.17) is 9.15 Å². The van der Waals surface area contributed by atoms with Gasteiger partial charge in [0, 0.05) is 31.2 Å². The highest BCUT2D eigenvalue weighted by Crippen LogP contribution is 2.56. The Labute approximate surface area is 148 Å². The fraction of sp³-hybridized carbons (Fsp3) is 0.450. The highest BCUT2D eigenvalue weighted by atomic mass is 16.5. The maximum Gasteiger partial charge on any atom is 0.322 e. The van der Waals surface area contributed by atoms with Gasteiger partial charge in [0.25, 0.3) is 0 Å². The molecule has 1 aliphatic carbocycles. The van der Waals surface area contributed by atoms with Crippen LogP contribution in [0.3, 0.4) is 0 Å². The van der Waals surface area contributed by atoms with Crippen LogP contribution in [0.4, 0.5) is 10.5 Å². The average molecular weight is 340 g/mol. The number of nitrogens with zero attached hydrogens (tertiary/aromatic N) is 1. The van der Waals surface area contributed by atoms with E-state index in [9.17, 15) is 4.79 Å². The molecule has 25 heavy (non-hydrogen) atoms. The van der Waals surface area contributed by atoms with Gasteiger partial charge in [-0.3, -0.25) is 4.90 Å². The summed E-state index contributed by atoms with van der Waals surface area (Å²) in [4.78, 5) is 14.8. The van der Waals surface area contributed by atoms with Crippen molar-refractivity contribution in [3.8, 4) is 0 Å². The number of hydrogen-bond donors (Lipinski definition) is 1. The summed E-state index contributed by atoms with van der Waals surface area (Å²) in [5.74, 6) is 1.65. The molecule has 2 heterocycles. The number of fused-ring (bicyclic) bond motifs is 2. The minimum Gasteiger partial charge on any atom is -0.464 e. The van der Waals surface area contributed by atoms with Gasteiger partial charge in [-0.15, -0.1) is 0 Å². The minimum absolute atomic E-state index is 0.0901. The van der Waals surface area contributed by atoms with Crippen LogP contribution in [0.15, 0.2) is 40.8 Å². The van der Waals surface area contributed by atoms with E-state index in [-0.39, 0.29) is 17.5 Å². The summed E-state index contributed by atoms with van der Waals surface area (Å²) >= 11 is 0. The zero-order chi connectivity index (χ0) is 17.4. The van der Waals surface area contributed by atoms with Gasteiger partial charge in [-0.2, -0.15) is 0 Å². The molecule has 5 heteroatoms. The number of carbonyl (C=O) groups excluding carboxylic acids is 1. The van der Waals surface area contributed by atoms with Crippen LogP contribution in [0.1, 0.15) is 42.9 Å². The lowest BCUT2D eigenvalue weighted by molar-refractivity contribution is 0.157. The number of carbonyl (C=O) groups is 1. The van der Waals surface area contributed by atoms with E-state index in [2.05, 4.69) is 17.4 Å². The molecule has 1 saturated carbocycles. The van der Waals surface area contributed by atoms with Crippen molar-refractivity contribution in [3.63, 3.8) is 0 Å². The minimum atomic E-state index is -0.291. The molecule has 1 fully saturated rings. The van der Waals surface area contributed by atoms with E-state index < -0.39 is 0 Å². The molecule has 0 bridgehead atoms. The van der Waals surface area contributed by atoms with E-state index >= 15 is 0 Å². The van der Waals surface area contributed by atoms with E-state index in [0.717, 1.165) is 43.0 Å². The summed E-state index contributed by atoms with van der Waals surface area (Å²) < 4.78 is 11.1. The first kappa shape index (κ1) is 16.2. The molecule has 0 radical (unpaired) electrons. The molecular formula is C20H24N2O3. The number of rotatable bonds is 5. The molecule has 1 N–H and O–H groups in total. The van der Waals surface area contributed by atoms with Crippen LogP contribution in [0.25, 0.3) is 0 Å². The molecule has 2 aliphatic rings. The maximum atomic E-state index is 13.0. The predicted molar refractivity (Wildman–Crippen MR) is 95.9 cm³/mol. The number of benzene rings is 1. The number of amides is 2. The quantitative estimate of drug-likeness (QED) is 0.901. The second-order valence-corrected chi connectivity index (χ2v) is 7.00. The second kappa shape index (κ2) is 6.23. The van der Waals surface area contributed by atoms with Gasteiger partial charge in [0.1, 0.15) is 17.6 Å². The molecule has 1 atom stereocenters. The summed E-state index contributed by atoms with van der Waals surface area (Å²) in [5, 5.41) is 3.09. The molecule has 1 spiro atoms. The number of hydrogen-bond acceptors (Lipinski definition) is 3. The van der Waals surface area contributed by atoms with Gasteiger partial charge in [0.2, 0.25) is 0 Å². The lowest BCUT2D eigenvalue weighted by atomic mass is 9.99. The topological polar surface area (TPSA) is 54.7 Å².